The van der Waals surface area contributed by atoms with E-state index >= 15 is 0 Å². The topological polar surface area (TPSA) is 17.1 Å². The van der Waals surface area contributed by atoms with Gasteiger partial charge in [0.05, 0.1) is 0 Å². The highest BCUT2D eigenvalue weighted by Gasteiger charge is 2.42. The molecule has 0 saturated heterocycles. The SMILES string of the molecule is O=C(CP)C(c1ccccc1)(c1ccccc1)c1ccccc1. The van der Waals surface area contributed by atoms with Crippen molar-refractivity contribution >= 4 is 15.0 Å². The average Bonchev–Trinajstić information content (AvgIpc) is 2.65. The van der Waals surface area contributed by atoms with Gasteiger partial charge in [0, 0.05) is 6.16 Å². The molecule has 2 heteroatoms. The van der Waals surface area contributed by atoms with Gasteiger partial charge in [-0.05, 0) is 16.7 Å². The van der Waals surface area contributed by atoms with Crippen LogP contribution in [0.5, 0.6) is 0 Å². The molecule has 0 bridgehead atoms. The molecule has 0 radical (unpaired) electrons. The lowest BCUT2D eigenvalue weighted by atomic mass is 9.67. The first kappa shape index (κ1) is 15.6. The van der Waals surface area contributed by atoms with E-state index < -0.39 is 5.41 Å². The van der Waals surface area contributed by atoms with Crippen molar-refractivity contribution in [1.29, 1.82) is 0 Å². The molecule has 0 amide bonds. The van der Waals surface area contributed by atoms with E-state index in [1.807, 2.05) is 91.0 Å². The van der Waals surface area contributed by atoms with Crippen molar-refractivity contribution in [2.24, 2.45) is 0 Å². The molecule has 0 saturated carbocycles. The first-order chi connectivity index (χ1) is 11.3. The number of hydrogen-bond acceptors (Lipinski definition) is 1. The van der Waals surface area contributed by atoms with E-state index in [4.69, 9.17) is 0 Å². The van der Waals surface area contributed by atoms with Crippen molar-refractivity contribution in [3.63, 3.8) is 0 Å². The fourth-order valence-corrected chi connectivity index (χ4v) is 3.51. The van der Waals surface area contributed by atoms with Crippen LogP contribution in [0.4, 0.5) is 0 Å². The predicted molar refractivity (Wildman–Crippen MR) is 98.8 cm³/mol. The van der Waals surface area contributed by atoms with E-state index in [0.29, 0.717) is 6.16 Å². The van der Waals surface area contributed by atoms with Crippen molar-refractivity contribution in [1.82, 2.24) is 0 Å². The number of benzene rings is 3. The van der Waals surface area contributed by atoms with Gasteiger partial charge in [0.2, 0.25) is 0 Å². The Bertz CT molecular complexity index is 670. The van der Waals surface area contributed by atoms with Gasteiger partial charge in [0.1, 0.15) is 5.41 Å². The van der Waals surface area contributed by atoms with Gasteiger partial charge in [-0.2, -0.15) is 0 Å². The molecule has 0 N–H and O–H groups in total. The van der Waals surface area contributed by atoms with Crippen LogP contribution in [0.1, 0.15) is 16.7 Å². The highest BCUT2D eigenvalue weighted by atomic mass is 31.0. The Balaban J connectivity index is 2.38. The molecule has 1 unspecified atom stereocenters. The lowest BCUT2D eigenvalue weighted by Gasteiger charge is -2.34. The summed E-state index contributed by atoms with van der Waals surface area (Å²) in [5.41, 5.74) is 2.24. The summed E-state index contributed by atoms with van der Waals surface area (Å²) in [5.74, 6) is 0.172. The molecule has 3 aromatic rings. The first-order valence-corrected chi connectivity index (χ1v) is 8.51. The second-order valence-corrected chi connectivity index (χ2v) is 5.88. The summed E-state index contributed by atoms with van der Waals surface area (Å²) in [6, 6.07) is 30.1. The first-order valence-electron chi connectivity index (χ1n) is 7.70. The Morgan fingerprint density at radius 2 is 0.957 bits per heavy atom. The summed E-state index contributed by atoms with van der Waals surface area (Å²) in [6.45, 7) is 0. The molecular formula is C21H19OP. The van der Waals surface area contributed by atoms with Crippen LogP contribution >= 0.6 is 9.24 Å². The number of hydrogen-bond donors (Lipinski definition) is 0. The fourth-order valence-electron chi connectivity index (χ4n) is 3.20. The second kappa shape index (κ2) is 6.89. The van der Waals surface area contributed by atoms with E-state index in [-0.39, 0.29) is 5.78 Å². The molecule has 1 nitrogen and oxygen atoms in total. The highest BCUT2D eigenvalue weighted by Crippen LogP contribution is 2.40. The Kier molecular flexibility index (Phi) is 4.69. The average molecular weight is 318 g/mol. The standard InChI is InChI=1S/C21H19OP/c22-20(16-23)21(17-10-4-1-5-11-17,18-12-6-2-7-13-18)19-14-8-3-9-15-19/h1-15H,16,23H2. The summed E-state index contributed by atoms with van der Waals surface area (Å²) in [4.78, 5) is 13.2. The number of ketones is 1. The molecular weight excluding hydrogens is 299 g/mol. The highest BCUT2D eigenvalue weighted by molar-refractivity contribution is 7.18. The van der Waals surface area contributed by atoms with Gasteiger partial charge in [-0.3, -0.25) is 4.79 Å². The van der Waals surface area contributed by atoms with Gasteiger partial charge in [-0.25, -0.2) is 0 Å². The Hall–Kier alpha value is -2.24. The number of carbonyl (C=O) groups excluding carboxylic acids is 1. The fraction of sp³-hybridized carbons (Fsp3) is 0.0952. The Morgan fingerprint density at radius 3 is 1.22 bits per heavy atom. The van der Waals surface area contributed by atoms with Crippen LogP contribution in [0.25, 0.3) is 0 Å². The van der Waals surface area contributed by atoms with Gasteiger partial charge >= 0.3 is 0 Å². The molecule has 1 atom stereocenters. The zero-order chi connectivity index (χ0) is 16.1. The molecule has 3 aromatic carbocycles. The second-order valence-electron chi connectivity index (χ2n) is 5.48. The van der Waals surface area contributed by atoms with Crippen LogP contribution in [-0.2, 0) is 10.2 Å². The molecule has 0 spiro atoms. The van der Waals surface area contributed by atoms with Crippen LogP contribution < -0.4 is 0 Å². The van der Waals surface area contributed by atoms with Gasteiger partial charge in [0.15, 0.2) is 5.78 Å². The van der Waals surface area contributed by atoms with Crippen LogP contribution in [0.3, 0.4) is 0 Å². The van der Waals surface area contributed by atoms with Gasteiger partial charge < -0.3 is 0 Å². The number of carbonyl (C=O) groups is 1. The molecule has 0 fully saturated rings. The van der Waals surface area contributed by atoms with E-state index in [9.17, 15) is 4.79 Å². The molecule has 0 aliphatic carbocycles. The van der Waals surface area contributed by atoms with E-state index in [1.54, 1.807) is 0 Å². The largest absolute Gasteiger partial charge is 0.298 e. The molecule has 0 heterocycles. The summed E-state index contributed by atoms with van der Waals surface area (Å²) in [5, 5.41) is 0. The molecule has 0 aliphatic heterocycles. The zero-order valence-electron chi connectivity index (χ0n) is 12.9. The number of rotatable bonds is 5. The molecule has 0 aromatic heterocycles. The minimum atomic E-state index is -0.772. The van der Waals surface area contributed by atoms with Crippen molar-refractivity contribution in [3.05, 3.63) is 108 Å². The van der Waals surface area contributed by atoms with Crippen molar-refractivity contribution < 1.29 is 4.79 Å². The summed E-state index contributed by atoms with van der Waals surface area (Å²) < 4.78 is 0. The molecule has 0 aliphatic rings. The molecule has 23 heavy (non-hydrogen) atoms. The number of Topliss-reactive ketones (excluding diaryl/α,β-unsaturated/α-hetero) is 1. The van der Waals surface area contributed by atoms with Crippen LogP contribution in [-0.4, -0.2) is 11.9 Å². The normalized spacial score (nSPS) is 11.2. The maximum Gasteiger partial charge on any atom is 0.155 e. The van der Waals surface area contributed by atoms with Crippen LogP contribution in [0, 0.1) is 0 Å². The Morgan fingerprint density at radius 1 is 0.652 bits per heavy atom. The lowest BCUT2D eigenvalue weighted by molar-refractivity contribution is -0.119. The minimum absolute atomic E-state index is 0.172. The van der Waals surface area contributed by atoms with E-state index in [0.717, 1.165) is 16.7 Å². The maximum absolute atomic E-state index is 13.2. The summed E-state index contributed by atoms with van der Waals surface area (Å²) in [7, 11) is 2.58. The van der Waals surface area contributed by atoms with Crippen molar-refractivity contribution in [2.75, 3.05) is 6.16 Å². The van der Waals surface area contributed by atoms with Crippen molar-refractivity contribution in [3.8, 4) is 0 Å². The van der Waals surface area contributed by atoms with Gasteiger partial charge in [-0.1, -0.05) is 91.0 Å². The van der Waals surface area contributed by atoms with Gasteiger partial charge in [0.25, 0.3) is 0 Å². The zero-order valence-corrected chi connectivity index (χ0v) is 14.0. The van der Waals surface area contributed by atoms with Crippen molar-refractivity contribution in [2.45, 2.75) is 5.41 Å². The Labute approximate surface area is 139 Å². The third-order valence-electron chi connectivity index (χ3n) is 4.22. The van der Waals surface area contributed by atoms with E-state index in [1.165, 1.54) is 0 Å². The van der Waals surface area contributed by atoms with Crippen LogP contribution in [0.15, 0.2) is 91.0 Å². The third-order valence-corrected chi connectivity index (χ3v) is 4.59. The van der Waals surface area contributed by atoms with Crippen LogP contribution in [0.2, 0.25) is 0 Å². The summed E-state index contributed by atoms with van der Waals surface area (Å²) in [6.07, 6.45) is 0.401. The quantitative estimate of drug-likeness (QED) is 0.501. The summed E-state index contributed by atoms with van der Waals surface area (Å²) >= 11 is 0. The minimum Gasteiger partial charge on any atom is -0.298 e. The van der Waals surface area contributed by atoms with Gasteiger partial charge in [-0.15, -0.1) is 9.24 Å². The predicted octanol–water partition coefficient (Wildman–Crippen LogP) is 4.47. The smallest absolute Gasteiger partial charge is 0.155 e. The maximum atomic E-state index is 13.2. The monoisotopic (exact) mass is 318 g/mol. The molecule has 114 valence electrons. The third kappa shape index (κ3) is 2.73. The molecule has 3 rings (SSSR count). The lowest BCUT2D eigenvalue weighted by Crippen LogP contribution is -2.39. The van der Waals surface area contributed by atoms with E-state index in [2.05, 4.69) is 9.24 Å².